The van der Waals surface area contributed by atoms with Crippen molar-refractivity contribution in [2.45, 2.75) is 31.8 Å². The van der Waals surface area contributed by atoms with Gasteiger partial charge in [0.15, 0.2) is 0 Å². The van der Waals surface area contributed by atoms with E-state index in [1.807, 2.05) is 0 Å². The van der Waals surface area contributed by atoms with Crippen molar-refractivity contribution in [3.63, 3.8) is 0 Å². The van der Waals surface area contributed by atoms with Crippen molar-refractivity contribution in [3.8, 4) is 0 Å². The SMILES string of the molecule is O=c1ccnc2n1CC1CCCCN21. The maximum absolute atomic E-state index is 11.6. The van der Waals surface area contributed by atoms with Crippen LogP contribution >= 0.6 is 0 Å². The van der Waals surface area contributed by atoms with E-state index >= 15 is 0 Å². The molecule has 0 aliphatic carbocycles. The van der Waals surface area contributed by atoms with E-state index in [1.54, 1.807) is 16.8 Å². The Balaban J connectivity index is 2.09. The Morgan fingerprint density at radius 2 is 2.36 bits per heavy atom. The first-order valence-corrected chi connectivity index (χ1v) is 5.19. The molecule has 0 radical (unpaired) electrons. The molecule has 0 spiro atoms. The third-order valence-corrected chi connectivity index (χ3v) is 3.19. The molecule has 0 N–H and O–H groups in total. The summed E-state index contributed by atoms with van der Waals surface area (Å²) in [6.07, 6.45) is 5.32. The maximum Gasteiger partial charge on any atom is 0.254 e. The molecule has 74 valence electrons. The number of rotatable bonds is 0. The van der Waals surface area contributed by atoms with Gasteiger partial charge in [-0.05, 0) is 19.3 Å². The standard InChI is InChI=1S/C10H13N3O/c14-9-4-5-11-10-12-6-2-1-3-8(12)7-13(9)10/h4-5,8H,1-3,6-7H2. The Morgan fingerprint density at radius 1 is 1.43 bits per heavy atom. The third-order valence-electron chi connectivity index (χ3n) is 3.19. The van der Waals surface area contributed by atoms with E-state index < -0.39 is 0 Å². The lowest BCUT2D eigenvalue weighted by Crippen LogP contribution is -2.36. The molecule has 4 nitrogen and oxygen atoms in total. The van der Waals surface area contributed by atoms with Gasteiger partial charge in [-0.15, -0.1) is 0 Å². The van der Waals surface area contributed by atoms with E-state index in [2.05, 4.69) is 9.88 Å². The fourth-order valence-corrected chi connectivity index (χ4v) is 2.49. The van der Waals surface area contributed by atoms with Gasteiger partial charge >= 0.3 is 0 Å². The van der Waals surface area contributed by atoms with E-state index in [9.17, 15) is 4.79 Å². The number of anilines is 1. The van der Waals surface area contributed by atoms with Gasteiger partial charge in [0.1, 0.15) is 0 Å². The molecule has 3 heterocycles. The van der Waals surface area contributed by atoms with Crippen molar-refractivity contribution in [3.05, 3.63) is 22.6 Å². The zero-order valence-electron chi connectivity index (χ0n) is 8.02. The summed E-state index contributed by atoms with van der Waals surface area (Å²) in [5, 5.41) is 0. The van der Waals surface area contributed by atoms with Gasteiger partial charge < -0.3 is 4.90 Å². The fraction of sp³-hybridized carbons (Fsp3) is 0.600. The summed E-state index contributed by atoms with van der Waals surface area (Å²) in [5.74, 6) is 0.877. The molecule has 1 aromatic rings. The Morgan fingerprint density at radius 3 is 3.29 bits per heavy atom. The summed E-state index contributed by atoms with van der Waals surface area (Å²) >= 11 is 0. The van der Waals surface area contributed by atoms with Crippen LogP contribution in [0.25, 0.3) is 0 Å². The summed E-state index contributed by atoms with van der Waals surface area (Å²) in [7, 11) is 0. The zero-order valence-corrected chi connectivity index (χ0v) is 8.02. The fourth-order valence-electron chi connectivity index (χ4n) is 2.49. The van der Waals surface area contributed by atoms with E-state index in [1.165, 1.54) is 19.3 Å². The van der Waals surface area contributed by atoms with Crippen molar-refractivity contribution < 1.29 is 0 Å². The number of aromatic nitrogens is 2. The van der Waals surface area contributed by atoms with Crippen LogP contribution in [0.3, 0.4) is 0 Å². The van der Waals surface area contributed by atoms with Crippen LogP contribution in [-0.2, 0) is 6.54 Å². The molecule has 1 aromatic heterocycles. The predicted molar refractivity (Wildman–Crippen MR) is 53.5 cm³/mol. The lowest BCUT2D eigenvalue weighted by Gasteiger charge is -2.29. The Bertz CT molecular complexity index is 412. The van der Waals surface area contributed by atoms with Gasteiger partial charge in [0.05, 0.1) is 0 Å². The van der Waals surface area contributed by atoms with Gasteiger partial charge in [-0.25, -0.2) is 4.98 Å². The Hall–Kier alpha value is -1.32. The lowest BCUT2D eigenvalue weighted by atomic mass is 10.0. The molecule has 0 saturated carbocycles. The van der Waals surface area contributed by atoms with Crippen LogP contribution in [-0.4, -0.2) is 22.1 Å². The highest BCUT2D eigenvalue weighted by Gasteiger charge is 2.32. The molecule has 2 aliphatic rings. The van der Waals surface area contributed by atoms with Gasteiger partial charge in [-0.1, -0.05) is 0 Å². The highest BCUT2D eigenvalue weighted by molar-refractivity contribution is 5.37. The second-order valence-electron chi connectivity index (χ2n) is 4.04. The maximum atomic E-state index is 11.6. The Kier molecular flexibility index (Phi) is 1.63. The molecule has 0 bridgehead atoms. The number of hydrogen-bond acceptors (Lipinski definition) is 3. The molecule has 1 fully saturated rings. The van der Waals surface area contributed by atoms with Gasteiger partial charge in [-0.2, -0.15) is 0 Å². The molecule has 0 amide bonds. The van der Waals surface area contributed by atoms with Crippen LogP contribution in [0, 0.1) is 0 Å². The zero-order chi connectivity index (χ0) is 9.54. The van der Waals surface area contributed by atoms with Crippen LogP contribution in [0.2, 0.25) is 0 Å². The smallest absolute Gasteiger partial charge is 0.254 e. The van der Waals surface area contributed by atoms with Gasteiger partial charge in [0, 0.05) is 31.4 Å². The first-order valence-electron chi connectivity index (χ1n) is 5.19. The number of piperidine rings is 1. The largest absolute Gasteiger partial charge is 0.337 e. The van der Waals surface area contributed by atoms with Gasteiger partial charge in [0.2, 0.25) is 5.95 Å². The molecular weight excluding hydrogens is 178 g/mol. The second-order valence-corrected chi connectivity index (χ2v) is 4.04. The van der Waals surface area contributed by atoms with Crippen LogP contribution in [0.1, 0.15) is 19.3 Å². The monoisotopic (exact) mass is 191 g/mol. The van der Waals surface area contributed by atoms with E-state index in [-0.39, 0.29) is 5.56 Å². The second kappa shape index (κ2) is 2.83. The Labute approximate surface area is 82.2 Å². The molecule has 3 rings (SSSR count). The minimum absolute atomic E-state index is 0.0874. The van der Waals surface area contributed by atoms with Crippen molar-refractivity contribution in [2.24, 2.45) is 0 Å². The molecule has 2 aliphatic heterocycles. The van der Waals surface area contributed by atoms with Crippen molar-refractivity contribution in [2.75, 3.05) is 11.4 Å². The molecule has 4 heteroatoms. The van der Waals surface area contributed by atoms with Gasteiger partial charge in [-0.3, -0.25) is 9.36 Å². The molecule has 1 saturated heterocycles. The minimum Gasteiger partial charge on any atom is -0.337 e. The highest BCUT2D eigenvalue weighted by atomic mass is 16.1. The topological polar surface area (TPSA) is 38.1 Å². The molecular formula is C10H13N3O. The average molecular weight is 191 g/mol. The predicted octanol–water partition coefficient (Wildman–Crippen LogP) is 0.616. The average Bonchev–Trinajstić information content (AvgIpc) is 2.59. The van der Waals surface area contributed by atoms with Crippen molar-refractivity contribution >= 4 is 5.95 Å². The van der Waals surface area contributed by atoms with Gasteiger partial charge in [0.25, 0.3) is 5.56 Å². The third kappa shape index (κ3) is 0.997. The number of hydrogen-bond donors (Lipinski definition) is 0. The summed E-state index contributed by atoms with van der Waals surface area (Å²) in [6, 6.07) is 2.06. The van der Waals surface area contributed by atoms with E-state index in [0.29, 0.717) is 6.04 Å². The van der Waals surface area contributed by atoms with Crippen LogP contribution in [0.5, 0.6) is 0 Å². The lowest BCUT2D eigenvalue weighted by molar-refractivity contribution is 0.459. The minimum atomic E-state index is 0.0874. The van der Waals surface area contributed by atoms with Crippen LogP contribution in [0.15, 0.2) is 17.1 Å². The summed E-state index contributed by atoms with van der Waals surface area (Å²) in [6.45, 7) is 1.89. The van der Waals surface area contributed by atoms with Crippen LogP contribution < -0.4 is 10.5 Å². The van der Waals surface area contributed by atoms with E-state index in [0.717, 1.165) is 19.0 Å². The molecule has 1 atom stereocenters. The molecule has 14 heavy (non-hydrogen) atoms. The highest BCUT2D eigenvalue weighted by Crippen LogP contribution is 2.28. The summed E-state index contributed by atoms with van der Waals surface area (Å²) in [5.41, 5.74) is 0.0874. The normalized spacial score (nSPS) is 24.6. The van der Waals surface area contributed by atoms with E-state index in [4.69, 9.17) is 0 Å². The summed E-state index contributed by atoms with van der Waals surface area (Å²) in [4.78, 5) is 18.1. The number of fused-ring (bicyclic) bond motifs is 3. The van der Waals surface area contributed by atoms with Crippen molar-refractivity contribution in [1.82, 2.24) is 9.55 Å². The first-order chi connectivity index (χ1) is 6.86. The molecule has 1 unspecified atom stereocenters. The van der Waals surface area contributed by atoms with Crippen molar-refractivity contribution in [1.29, 1.82) is 0 Å². The quantitative estimate of drug-likeness (QED) is 0.603. The number of nitrogens with zero attached hydrogens (tertiary/aromatic N) is 3. The molecule has 0 aromatic carbocycles. The first kappa shape index (κ1) is 8.03. The summed E-state index contributed by atoms with van der Waals surface area (Å²) < 4.78 is 1.80. The van der Waals surface area contributed by atoms with Crippen LogP contribution in [0.4, 0.5) is 5.95 Å².